The van der Waals surface area contributed by atoms with E-state index in [2.05, 4.69) is 165 Å². The van der Waals surface area contributed by atoms with E-state index in [4.69, 9.17) is 0 Å². The molecule has 0 fully saturated rings. The lowest BCUT2D eigenvalue weighted by Crippen LogP contribution is -2.09. The number of aromatic nitrogens is 1. The summed E-state index contributed by atoms with van der Waals surface area (Å²) in [5, 5.41) is 5.06. The van der Waals surface area contributed by atoms with Gasteiger partial charge in [-0.3, -0.25) is 0 Å². The van der Waals surface area contributed by atoms with Gasteiger partial charge in [0.1, 0.15) is 0 Å². The van der Waals surface area contributed by atoms with Crippen molar-refractivity contribution in [3.05, 3.63) is 144 Å². The van der Waals surface area contributed by atoms with Gasteiger partial charge in [0.05, 0.1) is 15.7 Å². The van der Waals surface area contributed by atoms with E-state index in [1.165, 1.54) is 42.0 Å². The Labute approximate surface area is 244 Å². The van der Waals surface area contributed by atoms with E-state index in [0.29, 0.717) is 0 Å². The molecule has 0 saturated heterocycles. The van der Waals surface area contributed by atoms with Crippen LogP contribution in [0.2, 0.25) is 0 Å². The zero-order valence-corrected chi connectivity index (χ0v) is 23.9. The van der Waals surface area contributed by atoms with E-state index < -0.39 is 0 Å². The van der Waals surface area contributed by atoms with Gasteiger partial charge in [-0.25, -0.2) is 0 Å². The third-order valence-corrected chi connectivity index (χ3v) is 9.70. The minimum Gasteiger partial charge on any atom is -0.310 e. The van der Waals surface area contributed by atoms with E-state index in [1.54, 1.807) is 0 Å². The molecule has 0 spiro atoms. The maximum atomic E-state index is 3.96. The van der Waals surface area contributed by atoms with Crippen LogP contribution in [0, 0.1) is 0 Å². The number of nitrogens with zero attached hydrogens (tertiary/aromatic N) is 2. The molecule has 2 aromatic heterocycles. The molecule has 0 N–H and O–H groups in total. The molecule has 0 radical (unpaired) electrons. The van der Waals surface area contributed by atoms with Gasteiger partial charge in [-0.15, -0.1) is 11.3 Å². The Kier molecular flexibility index (Phi) is 5.51. The first-order chi connectivity index (χ1) is 19.8. The molecule has 0 atom stereocenters. The number of thiophene rings is 1. The molecule has 0 unspecified atom stereocenters. The van der Waals surface area contributed by atoms with Crippen molar-refractivity contribution < 1.29 is 0 Å². The van der Waals surface area contributed by atoms with Crippen molar-refractivity contribution in [2.75, 3.05) is 4.90 Å². The summed E-state index contributed by atoms with van der Waals surface area (Å²) in [6, 6.07) is 49.9. The number of para-hydroxylation sites is 3. The van der Waals surface area contributed by atoms with Crippen LogP contribution in [0.3, 0.4) is 0 Å². The van der Waals surface area contributed by atoms with Crippen LogP contribution in [0.4, 0.5) is 17.1 Å². The standard InChI is InChI=1S/C36H23BrN2S/c37-31-23-30-29-22-27(38(24-12-4-1-5-13-24)25-14-6-2-7-15-25)20-21-32(29)39(26-16-8-3-9-17-26)35(30)34-28-18-10-11-19-33(28)40-36(31)34/h1-23H. The van der Waals surface area contributed by atoms with Crippen LogP contribution in [-0.4, -0.2) is 4.57 Å². The average Bonchev–Trinajstić information content (AvgIpc) is 3.55. The summed E-state index contributed by atoms with van der Waals surface area (Å²) < 4.78 is 6.16. The summed E-state index contributed by atoms with van der Waals surface area (Å²) in [6.07, 6.45) is 0. The Morgan fingerprint density at radius 1 is 0.550 bits per heavy atom. The summed E-state index contributed by atoms with van der Waals surface area (Å²) in [4.78, 5) is 2.33. The van der Waals surface area contributed by atoms with Crippen molar-refractivity contribution in [2.45, 2.75) is 0 Å². The van der Waals surface area contributed by atoms with E-state index in [1.807, 2.05) is 11.3 Å². The van der Waals surface area contributed by atoms with Gasteiger partial charge in [-0.05, 0) is 82.7 Å². The molecule has 0 aliphatic heterocycles. The number of hydrogen-bond acceptors (Lipinski definition) is 2. The third-order valence-electron chi connectivity index (χ3n) is 7.61. The molecule has 8 aromatic rings. The zero-order valence-electron chi connectivity index (χ0n) is 21.5. The summed E-state index contributed by atoms with van der Waals surface area (Å²) >= 11 is 5.81. The van der Waals surface area contributed by atoms with Crippen LogP contribution >= 0.6 is 27.3 Å². The normalized spacial score (nSPS) is 11.6. The molecule has 40 heavy (non-hydrogen) atoms. The highest BCUT2D eigenvalue weighted by molar-refractivity contribution is 9.10. The Morgan fingerprint density at radius 3 is 1.88 bits per heavy atom. The van der Waals surface area contributed by atoms with Crippen LogP contribution in [0.1, 0.15) is 0 Å². The average molecular weight is 596 g/mol. The smallest absolute Gasteiger partial charge is 0.0635 e. The molecular weight excluding hydrogens is 572 g/mol. The van der Waals surface area contributed by atoms with Crippen LogP contribution in [0.15, 0.2) is 144 Å². The number of rotatable bonds is 4. The summed E-state index contributed by atoms with van der Waals surface area (Å²) in [5.74, 6) is 0. The van der Waals surface area contributed by atoms with Gasteiger partial charge in [0, 0.05) is 53.5 Å². The van der Waals surface area contributed by atoms with Crippen molar-refractivity contribution in [1.29, 1.82) is 0 Å². The first-order valence-electron chi connectivity index (χ1n) is 13.3. The van der Waals surface area contributed by atoms with Gasteiger partial charge < -0.3 is 9.47 Å². The SMILES string of the molecule is Brc1cc2c3cc(N(c4ccccc4)c4ccccc4)ccc3n(-c3ccccc3)c2c2c1sc1ccccc12. The maximum Gasteiger partial charge on any atom is 0.0635 e. The fourth-order valence-electron chi connectivity index (χ4n) is 5.92. The summed E-state index contributed by atoms with van der Waals surface area (Å²) in [7, 11) is 0. The highest BCUT2D eigenvalue weighted by Crippen LogP contribution is 2.47. The van der Waals surface area contributed by atoms with Gasteiger partial charge in [0.2, 0.25) is 0 Å². The molecule has 0 saturated carbocycles. The molecule has 0 aliphatic carbocycles. The lowest BCUT2D eigenvalue weighted by Gasteiger charge is -2.25. The first-order valence-corrected chi connectivity index (χ1v) is 14.9. The zero-order chi connectivity index (χ0) is 26.6. The molecule has 190 valence electrons. The van der Waals surface area contributed by atoms with E-state index in [0.717, 1.165) is 27.2 Å². The van der Waals surface area contributed by atoms with Gasteiger partial charge in [0.25, 0.3) is 0 Å². The highest BCUT2D eigenvalue weighted by atomic mass is 79.9. The predicted molar refractivity (Wildman–Crippen MR) is 176 cm³/mol. The Morgan fingerprint density at radius 2 is 1.18 bits per heavy atom. The van der Waals surface area contributed by atoms with Crippen molar-refractivity contribution in [2.24, 2.45) is 0 Å². The molecule has 6 aromatic carbocycles. The second-order valence-electron chi connectivity index (χ2n) is 9.94. The fourth-order valence-corrected chi connectivity index (χ4v) is 7.70. The Balaban J connectivity index is 1.51. The highest BCUT2D eigenvalue weighted by Gasteiger charge is 2.21. The molecular formula is C36H23BrN2S. The molecule has 4 heteroatoms. The molecule has 2 nitrogen and oxygen atoms in total. The lowest BCUT2D eigenvalue weighted by molar-refractivity contribution is 1.19. The van der Waals surface area contributed by atoms with Crippen molar-refractivity contribution >= 4 is 86.3 Å². The van der Waals surface area contributed by atoms with Crippen LogP contribution in [-0.2, 0) is 0 Å². The number of benzene rings is 6. The molecule has 0 bridgehead atoms. The van der Waals surface area contributed by atoms with Gasteiger partial charge in [-0.1, -0.05) is 72.8 Å². The Hall–Kier alpha value is -4.38. The van der Waals surface area contributed by atoms with Gasteiger partial charge >= 0.3 is 0 Å². The number of hydrogen-bond donors (Lipinski definition) is 0. The van der Waals surface area contributed by atoms with Crippen LogP contribution in [0.5, 0.6) is 0 Å². The van der Waals surface area contributed by atoms with E-state index >= 15 is 0 Å². The number of anilines is 3. The van der Waals surface area contributed by atoms with Crippen molar-refractivity contribution in [3.63, 3.8) is 0 Å². The Bertz CT molecular complexity index is 2120. The minimum atomic E-state index is 1.13. The maximum absolute atomic E-state index is 3.96. The third kappa shape index (κ3) is 3.60. The second kappa shape index (κ2) is 9.37. The van der Waals surface area contributed by atoms with Crippen molar-refractivity contribution in [3.8, 4) is 5.69 Å². The summed E-state index contributed by atoms with van der Waals surface area (Å²) in [5.41, 5.74) is 7.00. The first kappa shape index (κ1) is 23.5. The fraction of sp³-hybridized carbons (Fsp3) is 0. The van der Waals surface area contributed by atoms with Gasteiger partial charge in [-0.2, -0.15) is 0 Å². The molecule has 0 aliphatic rings. The molecule has 0 amide bonds. The van der Waals surface area contributed by atoms with E-state index in [-0.39, 0.29) is 0 Å². The topological polar surface area (TPSA) is 8.17 Å². The van der Waals surface area contributed by atoms with E-state index in [9.17, 15) is 0 Å². The van der Waals surface area contributed by atoms with Crippen LogP contribution < -0.4 is 4.90 Å². The minimum absolute atomic E-state index is 1.13. The second-order valence-corrected chi connectivity index (χ2v) is 11.8. The predicted octanol–water partition coefficient (Wildman–Crippen LogP) is 11.4. The lowest BCUT2D eigenvalue weighted by atomic mass is 10.1. The number of fused-ring (bicyclic) bond motifs is 7. The van der Waals surface area contributed by atoms with Crippen LogP contribution in [0.25, 0.3) is 47.7 Å². The quantitative estimate of drug-likeness (QED) is 0.197. The molecule has 2 heterocycles. The van der Waals surface area contributed by atoms with Gasteiger partial charge in [0.15, 0.2) is 0 Å². The van der Waals surface area contributed by atoms with Crippen molar-refractivity contribution in [1.82, 2.24) is 4.57 Å². The monoisotopic (exact) mass is 594 g/mol. The largest absolute Gasteiger partial charge is 0.310 e. The summed E-state index contributed by atoms with van der Waals surface area (Å²) in [6.45, 7) is 0. The number of halogens is 1. The molecule has 8 rings (SSSR count).